The van der Waals surface area contributed by atoms with Crippen molar-refractivity contribution in [1.29, 1.82) is 0 Å². The molecule has 0 radical (unpaired) electrons. The molecule has 11 heteroatoms. The van der Waals surface area contributed by atoms with E-state index in [1.54, 1.807) is 18.4 Å². The van der Waals surface area contributed by atoms with E-state index in [0.29, 0.717) is 32.1 Å². The SMILES string of the molecule is CC(C)c1nc(CN(C)C(=O)N[C@@H](CCN2CCS(=O)(=O)CC2)C(=O)O)cs1. The maximum Gasteiger partial charge on any atom is 0.326 e. The van der Waals surface area contributed by atoms with Gasteiger partial charge in [-0.2, -0.15) is 0 Å². The fraction of sp³-hybridized carbons (Fsp3) is 0.706. The number of thiazole rings is 1. The van der Waals surface area contributed by atoms with Crippen LogP contribution < -0.4 is 5.32 Å². The van der Waals surface area contributed by atoms with Crippen LogP contribution in [0.3, 0.4) is 0 Å². The summed E-state index contributed by atoms with van der Waals surface area (Å²) in [6.45, 7) is 5.60. The molecule has 28 heavy (non-hydrogen) atoms. The normalized spacial score (nSPS) is 18.0. The molecule has 1 aliphatic heterocycles. The van der Waals surface area contributed by atoms with Crippen LogP contribution in [0.5, 0.6) is 0 Å². The number of hydrogen-bond donors (Lipinski definition) is 2. The number of nitrogens with zero attached hydrogens (tertiary/aromatic N) is 3. The Labute approximate surface area is 169 Å². The second kappa shape index (κ2) is 9.66. The molecule has 2 amide bonds. The number of nitrogens with one attached hydrogen (secondary N) is 1. The second-order valence-electron chi connectivity index (χ2n) is 7.31. The van der Waals surface area contributed by atoms with E-state index in [1.165, 1.54) is 4.90 Å². The molecular weight excluding hydrogens is 404 g/mol. The van der Waals surface area contributed by atoms with Crippen LogP contribution >= 0.6 is 11.3 Å². The summed E-state index contributed by atoms with van der Waals surface area (Å²) in [5.74, 6) is -0.612. The second-order valence-corrected chi connectivity index (χ2v) is 10.5. The van der Waals surface area contributed by atoms with Crippen LogP contribution in [0.2, 0.25) is 0 Å². The third-order valence-electron chi connectivity index (χ3n) is 4.58. The van der Waals surface area contributed by atoms with Gasteiger partial charge in [0.2, 0.25) is 0 Å². The van der Waals surface area contributed by atoms with E-state index in [9.17, 15) is 23.1 Å². The number of rotatable bonds is 8. The molecule has 1 saturated heterocycles. The van der Waals surface area contributed by atoms with E-state index in [1.807, 2.05) is 24.1 Å². The summed E-state index contributed by atoms with van der Waals surface area (Å²) in [6, 6.07) is -1.51. The van der Waals surface area contributed by atoms with Crippen LogP contribution in [0.1, 0.15) is 36.9 Å². The number of carboxylic acids is 1. The Morgan fingerprint density at radius 2 is 2.00 bits per heavy atom. The number of carbonyl (C=O) groups is 2. The van der Waals surface area contributed by atoms with E-state index in [0.717, 1.165) is 10.7 Å². The van der Waals surface area contributed by atoms with Gasteiger partial charge in [-0.3, -0.25) is 0 Å². The van der Waals surface area contributed by atoms with E-state index in [-0.39, 0.29) is 17.9 Å². The van der Waals surface area contributed by atoms with Gasteiger partial charge in [-0.15, -0.1) is 11.3 Å². The molecule has 1 aromatic heterocycles. The Bertz CT molecular complexity index is 779. The third kappa shape index (κ3) is 6.71. The fourth-order valence-corrected chi connectivity index (χ4v) is 4.88. The van der Waals surface area contributed by atoms with Crippen LogP contribution in [0, 0.1) is 0 Å². The number of carbonyl (C=O) groups excluding carboxylic acids is 1. The number of sulfone groups is 1. The van der Waals surface area contributed by atoms with Crippen molar-refractivity contribution in [3.63, 3.8) is 0 Å². The first-order valence-electron chi connectivity index (χ1n) is 9.19. The van der Waals surface area contributed by atoms with Gasteiger partial charge in [-0.1, -0.05) is 13.8 Å². The molecule has 158 valence electrons. The van der Waals surface area contributed by atoms with Gasteiger partial charge in [0.05, 0.1) is 28.8 Å². The number of urea groups is 1. The van der Waals surface area contributed by atoms with Gasteiger partial charge in [0.25, 0.3) is 0 Å². The van der Waals surface area contributed by atoms with Gasteiger partial charge >= 0.3 is 12.0 Å². The molecule has 0 saturated carbocycles. The van der Waals surface area contributed by atoms with E-state index < -0.39 is 27.9 Å². The Kier molecular flexibility index (Phi) is 7.79. The Morgan fingerprint density at radius 1 is 1.36 bits per heavy atom. The number of amides is 2. The molecule has 2 rings (SSSR count). The van der Waals surface area contributed by atoms with Gasteiger partial charge in [-0.05, 0) is 6.42 Å². The summed E-state index contributed by atoms with van der Waals surface area (Å²) in [4.78, 5) is 31.7. The third-order valence-corrected chi connectivity index (χ3v) is 7.38. The lowest BCUT2D eigenvalue weighted by atomic mass is 10.2. The number of aliphatic carboxylic acids is 1. The minimum absolute atomic E-state index is 0.0891. The number of carboxylic acid groups (broad SMARTS) is 1. The minimum Gasteiger partial charge on any atom is -0.480 e. The lowest BCUT2D eigenvalue weighted by Crippen LogP contribution is -2.48. The molecule has 1 aromatic rings. The summed E-state index contributed by atoms with van der Waals surface area (Å²) in [5.41, 5.74) is 0.771. The largest absolute Gasteiger partial charge is 0.480 e. The molecular formula is C17H28N4O5S2. The average molecular weight is 433 g/mol. The zero-order chi connectivity index (χ0) is 20.9. The summed E-state index contributed by atoms with van der Waals surface area (Å²) in [6.07, 6.45) is 0.211. The molecule has 0 aliphatic carbocycles. The molecule has 2 N–H and O–H groups in total. The maximum atomic E-state index is 12.4. The zero-order valence-corrected chi connectivity index (χ0v) is 18.1. The van der Waals surface area contributed by atoms with E-state index >= 15 is 0 Å². The van der Waals surface area contributed by atoms with Crippen molar-refractivity contribution in [2.75, 3.05) is 38.2 Å². The van der Waals surface area contributed by atoms with Crippen molar-refractivity contribution < 1.29 is 23.1 Å². The highest BCUT2D eigenvalue weighted by molar-refractivity contribution is 7.91. The van der Waals surface area contributed by atoms with Crippen LogP contribution in [0.15, 0.2) is 5.38 Å². The van der Waals surface area contributed by atoms with Gasteiger partial charge in [0.1, 0.15) is 6.04 Å². The topological polar surface area (TPSA) is 120 Å². The van der Waals surface area contributed by atoms with E-state index in [4.69, 9.17) is 0 Å². The lowest BCUT2D eigenvalue weighted by molar-refractivity contribution is -0.139. The Hall–Kier alpha value is -1.72. The monoisotopic (exact) mass is 432 g/mol. The highest BCUT2D eigenvalue weighted by Crippen LogP contribution is 2.19. The van der Waals surface area contributed by atoms with Crippen molar-refractivity contribution in [3.05, 3.63) is 16.1 Å². The van der Waals surface area contributed by atoms with Crippen molar-refractivity contribution in [2.45, 2.75) is 38.8 Å². The number of hydrogen-bond acceptors (Lipinski definition) is 7. The zero-order valence-electron chi connectivity index (χ0n) is 16.4. The summed E-state index contributed by atoms with van der Waals surface area (Å²) >= 11 is 1.54. The number of aromatic nitrogens is 1. The predicted molar refractivity (Wildman–Crippen MR) is 107 cm³/mol. The summed E-state index contributed by atoms with van der Waals surface area (Å²) in [7, 11) is -1.38. The highest BCUT2D eigenvalue weighted by Gasteiger charge is 2.26. The molecule has 9 nitrogen and oxygen atoms in total. The maximum absolute atomic E-state index is 12.4. The van der Waals surface area contributed by atoms with Crippen molar-refractivity contribution >= 4 is 33.2 Å². The standard InChI is InChI=1S/C17H28N4O5S2/c1-12(2)15-18-13(11-27-15)10-20(3)17(24)19-14(16(22)23)4-5-21-6-8-28(25,26)9-7-21/h11-12,14H,4-10H2,1-3H3,(H,19,24)(H,22,23)/t14-/m0/s1. The molecule has 1 atom stereocenters. The van der Waals surface area contributed by atoms with Gasteiger partial charge in [0, 0.05) is 38.0 Å². The van der Waals surface area contributed by atoms with Crippen LogP contribution in [-0.2, 0) is 21.2 Å². The van der Waals surface area contributed by atoms with Gasteiger partial charge in [0.15, 0.2) is 9.84 Å². The molecule has 1 fully saturated rings. The quantitative estimate of drug-likeness (QED) is 0.628. The van der Waals surface area contributed by atoms with E-state index in [2.05, 4.69) is 10.3 Å². The molecule has 0 aromatic carbocycles. The van der Waals surface area contributed by atoms with Gasteiger partial charge < -0.3 is 20.2 Å². The highest BCUT2D eigenvalue weighted by atomic mass is 32.2. The lowest BCUT2D eigenvalue weighted by Gasteiger charge is -2.28. The van der Waals surface area contributed by atoms with Crippen molar-refractivity contribution in [1.82, 2.24) is 20.1 Å². The molecule has 1 aliphatic rings. The first kappa shape index (κ1) is 22.6. The Morgan fingerprint density at radius 3 is 2.54 bits per heavy atom. The molecule has 0 unspecified atom stereocenters. The summed E-state index contributed by atoms with van der Waals surface area (Å²) < 4.78 is 22.9. The average Bonchev–Trinajstić information content (AvgIpc) is 3.08. The van der Waals surface area contributed by atoms with Crippen LogP contribution in [-0.4, -0.2) is 84.5 Å². The first-order valence-corrected chi connectivity index (χ1v) is 11.9. The van der Waals surface area contributed by atoms with Crippen LogP contribution in [0.25, 0.3) is 0 Å². The molecule has 2 heterocycles. The predicted octanol–water partition coefficient (Wildman–Crippen LogP) is 0.982. The molecule has 0 bridgehead atoms. The smallest absolute Gasteiger partial charge is 0.326 e. The fourth-order valence-electron chi connectivity index (χ4n) is 2.78. The minimum atomic E-state index is -2.97. The summed E-state index contributed by atoms with van der Waals surface area (Å²) in [5, 5.41) is 14.8. The van der Waals surface area contributed by atoms with Crippen molar-refractivity contribution in [2.24, 2.45) is 0 Å². The van der Waals surface area contributed by atoms with Gasteiger partial charge in [-0.25, -0.2) is 23.0 Å². The molecule has 0 spiro atoms. The van der Waals surface area contributed by atoms with Crippen LogP contribution in [0.4, 0.5) is 4.79 Å². The Balaban J connectivity index is 1.84. The first-order chi connectivity index (χ1) is 13.1. The van der Waals surface area contributed by atoms with Crippen molar-refractivity contribution in [3.8, 4) is 0 Å².